The number of unbranched alkanes of at least 4 members (excludes halogenated alkanes) is 2. The van der Waals surface area contributed by atoms with Gasteiger partial charge >= 0.3 is 0 Å². The maximum atomic E-state index is 12.2. The molecule has 2 amide bonds. The molecule has 166 valence electrons. The summed E-state index contributed by atoms with van der Waals surface area (Å²) in [6, 6.07) is 11.4. The Morgan fingerprint density at radius 2 is 1.74 bits per heavy atom. The molecule has 2 rings (SSSR count). The summed E-state index contributed by atoms with van der Waals surface area (Å²) < 4.78 is 10.9. The molecule has 0 atom stereocenters. The van der Waals surface area contributed by atoms with Crippen molar-refractivity contribution >= 4 is 52.3 Å². The molecule has 2 aromatic rings. The van der Waals surface area contributed by atoms with Gasteiger partial charge in [0, 0.05) is 10.6 Å². The zero-order chi connectivity index (χ0) is 22.6. The number of ether oxygens (including phenoxy) is 2. The van der Waals surface area contributed by atoms with Crippen LogP contribution >= 0.6 is 35.4 Å². The first kappa shape index (κ1) is 24.7. The number of nitrogens with one attached hydrogen (secondary N) is 3. The SMILES string of the molecule is CCCCCOc1ccc(C(=O)NC(=S)NNC(=O)COc2ccc(Cl)cc2Cl)cc1. The van der Waals surface area contributed by atoms with E-state index in [1.54, 1.807) is 36.4 Å². The van der Waals surface area contributed by atoms with Crippen LogP contribution in [0.1, 0.15) is 36.5 Å². The van der Waals surface area contributed by atoms with Crippen molar-refractivity contribution in [2.75, 3.05) is 13.2 Å². The summed E-state index contributed by atoms with van der Waals surface area (Å²) in [7, 11) is 0. The van der Waals surface area contributed by atoms with Gasteiger partial charge in [0.05, 0.1) is 11.6 Å². The number of hydrogen-bond donors (Lipinski definition) is 3. The second-order valence-electron chi connectivity index (χ2n) is 6.40. The minimum atomic E-state index is -0.521. The summed E-state index contributed by atoms with van der Waals surface area (Å²) >= 11 is 16.8. The highest BCUT2D eigenvalue weighted by molar-refractivity contribution is 7.80. The molecule has 0 aromatic heterocycles. The fourth-order valence-corrected chi connectivity index (χ4v) is 2.96. The lowest BCUT2D eigenvalue weighted by molar-refractivity contribution is -0.123. The van der Waals surface area contributed by atoms with Gasteiger partial charge in [-0.25, -0.2) is 0 Å². The van der Waals surface area contributed by atoms with E-state index in [-0.39, 0.29) is 16.7 Å². The van der Waals surface area contributed by atoms with E-state index in [0.717, 1.165) is 19.3 Å². The van der Waals surface area contributed by atoms with Crippen LogP contribution in [-0.2, 0) is 4.79 Å². The normalized spacial score (nSPS) is 10.2. The lowest BCUT2D eigenvalue weighted by atomic mass is 10.2. The summed E-state index contributed by atoms with van der Waals surface area (Å²) in [6.45, 7) is 2.45. The third kappa shape index (κ3) is 9.00. The molecule has 0 aliphatic rings. The van der Waals surface area contributed by atoms with Crippen molar-refractivity contribution in [3.63, 3.8) is 0 Å². The van der Waals surface area contributed by atoms with Gasteiger partial charge in [-0.3, -0.25) is 25.8 Å². The van der Waals surface area contributed by atoms with Crippen molar-refractivity contribution in [3.8, 4) is 11.5 Å². The van der Waals surface area contributed by atoms with Crippen LogP contribution < -0.4 is 25.6 Å². The number of carbonyl (C=O) groups excluding carboxylic acids is 2. The minimum Gasteiger partial charge on any atom is -0.494 e. The van der Waals surface area contributed by atoms with Crippen molar-refractivity contribution in [1.82, 2.24) is 16.2 Å². The van der Waals surface area contributed by atoms with Crippen LogP contribution in [0.15, 0.2) is 42.5 Å². The predicted octanol–water partition coefficient (Wildman–Crippen LogP) is 4.28. The number of hydrogen-bond acceptors (Lipinski definition) is 5. The molecule has 31 heavy (non-hydrogen) atoms. The fourth-order valence-electron chi connectivity index (χ4n) is 2.35. The molecule has 7 nitrogen and oxygen atoms in total. The fraction of sp³-hybridized carbons (Fsp3) is 0.286. The second-order valence-corrected chi connectivity index (χ2v) is 7.65. The van der Waals surface area contributed by atoms with Crippen molar-refractivity contribution in [3.05, 3.63) is 58.1 Å². The van der Waals surface area contributed by atoms with Gasteiger partial charge in [-0.2, -0.15) is 0 Å². The number of amides is 2. The molecule has 0 spiro atoms. The van der Waals surface area contributed by atoms with Gasteiger partial charge in [-0.1, -0.05) is 43.0 Å². The monoisotopic (exact) mass is 483 g/mol. The Morgan fingerprint density at radius 1 is 1.00 bits per heavy atom. The molecular weight excluding hydrogens is 461 g/mol. The first-order valence-corrected chi connectivity index (χ1v) is 10.8. The van der Waals surface area contributed by atoms with Crippen molar-refractivity contribution < 1.29 is 19.1 Å². The third-order valence-electron chi connectivity index (χ3n) is 3.93. The molecule has 0 saturated heterocycles. The van der Waals surface area contributed by atoms with Gasteiger partial charge in [0.25, 0.3) is 11.8 Å². The quantitative estimate of drug-likeness (QED) is 0.280. The average Bonchev–Trinajstić information content (AvgIpc) is 2.75. The topological polar surface area (TPSA) is 88.7 Å². The number of benzene rings is 2. The van der Waals surface area contributed by atoms with Crippen molar-refractivity contribution in [1.29, 1.82) is 0 Å². The lowest BCUT2D eigenvalue weighted by Crippen LogP contribution is -2.49. The zero-order valence-corrected chi connectivity index (χ0v) is 19.2. The molecule has 0 unspecified atom stereocenters. The summed E-state index contributed by atoms with van der Waals surface area (Å²) in [5.41, 5.74) is 5.16. The number of thiocarbonyl (C=S) groups is 1. The van der Waals surface area contributed by atoms with Gasteiger partial charge in [0.15, 0.2) is 11.7 Å². The Labute approximate surface area is 196 Å². The standard InChI is InChI=1S/C21H23Cl2N3O4S/c1-2-3-4-11-29-16-8-5-14(6-9-16)20(28)24-21(31)26-25-19(27)13-30-18-10-7-15(22)12-17(18)23/h5-10,12H,2-4,11,13H2,1H3,(H,25,27)(H2,24,26,28,31). The summed E-state index contributed by atoms with van der Waals surface area (Å²) in [5.74, 6) is 0.0666. The summed E-state index contributed by atoms with van der Waals surface area (Å²) in [4.78, 5) is 24.1. The van der Waals surface area contributed by atoms with E-state index in [1.807, 2.05) is 0 Å². The Kier molecular flexibility index (Phi) is 10.4. The van der Waals surface area contributed by atoms with Crippen LogP contribution in [0.2, 0.25) is 10.0 Å². The molecule has 3 N–H and O–H groups in total. The molecule has 0 radical (unpaired) electrons. The highest BCUT2D eigenvalue weighted by Crippen LogP contribution is 2.27. The van der Waals surface area contributed by atoms with E-state index in [2.05, 4.69) is 23.1 Å². The van der Waals surface area contributed by atoms with Crippen LogP contribution in [0.3, 0.4) is 0 Å². The smallest absolute Gasteiger partial charge is 0.276 e. The highest BCUT2D eigenvalue weighted by atomic mass is 35.5. The molecule has 0 aliphatic heterocycles. The molecular formula is C21H23Cl2N3O4S. The maximum Gasteiger partial charge on any atom is 0.276 e. The maximum absolute atomic E-state index is 12.2. The van der Waals surface area contributed by atoms with E-state index in [4.69, 9.17) is 44.9 Å². The van der Waals surface area contributed by atoms with E-state index < -0.39 is 11.8 Å². The Bertz CT molecular complexity index is 910. The Hall–Kier alpha value is -2.55. The van der Waals surface area contributed by atoms with Gasteiger partial charge in [-0.05, 0) is 61.1 Å². The number of hydrazine groups is 1. The average molecular weight is 484 g/mol. The molecule has 2 aromatic carbocycles. The largest absolute Gasteiger partial charge is 0.494 e. The van der Waals surface area contributed by atoms with E-state index in [9.17, 15) is 9.59 Å². The van der Waals surface area contributed by atoms with E-state index in [0.29, 0.717) is 28.7 Å². The first-order valence-electron chi connectivity index (χ1n) is 9.60. The minimum absolute atomic E-state index is 0.0669. The number of carbonyl (C=O) groups is 2. The van der Waals surface area contributed by atoms with Gasteiger partial charge < -0.3 is 9.47 Å². The Morgan fingerprint density at radius 3 is 2.42 bits per heavy atom. The number of rotatable bonds is 9. The summed E-state index contributed by atoms with van der Waals surface area (Å²) in [6.07, 6.45) is 3.23. The highest BCUT2D eigenvalue weighted by Gasteiger charge is 2.10. The van der Waals surface area contributed by atoms with Crippen molar-refractivity contribution in [2.24, 2.45) is 0 Å². The molecule has 0 saturated carbocycles. The lowest BCUT2D eigenvalue weighted by Gasteiger charge is -2.12. The number of halogens is 2. The predicted molar refractivity (Wildman–Crippen MR) is 125 cm³/mol. The Balaban J connectivity index is 1.71. The van der Waals surface area contributed by atoms with Crippen molar-refractivity contribution in [2.45, 2.75) is 26.2 Å². The van der Waals surface area contributed by atoms with Gasteiger partial charge in [0.1, 0.15) is 11.5 Å². The first-order chi connectivity index (χ1) is 14.9. The third-order valence-corrected chi connectivity index (χ3v) is 4.66. The molecule has 0 fully saturated rings. The molecule has 10 heteroatoms. The summed E-state index contributed by atoms with van der Waals surface area (Å²) in [5, 5.41) is 3.15. The van der Waals surface area contributed by atoms with Crippen LogP contribution in [0, 0.1) is 0 Å². The van der Waals surface area contributed by atoms with Crippen LogP contribution in [0.4, 0.5) is 0 Å². The van der Waals surface area contributed by atoms with Gasteiger partial charge in [-0.15, -0.1) is 0 Å². The van der Waals surface area contributed by atoms with Gasteiger partial charge in [0.2, 0.25) is 0 Å². The zero-order valence-electron chi connectivity index (χ0n) is 16.9. The van der Waals surface area contributed by atoms with Crippen LogP contribution in [0.5, 0.6) is 11.5 Å². The molecule has 0 bridgehead atoms. The van der Waals surface area contributed by atoms with E-state index in [1.165, 1.54) is 6.07 Å². The second kappa shape index (κ2) is 13.0. The van der Waals surface area contributed by atoms with Crippen LogP contribution in [-0.4, -0.2) is 30.1 Å². The molecule has 0 heterocycles. The van der Waals surface area contributed by atoms with E-state index >= 15 is 0 Å². The van der Waals surface area contributed by atoms with Crippen LogP contribution in [0.25, 0.3) is 0 Å². The molecule has 0 aliphatic carbocycles.